The molecule has 1 fully saturated rings. The van der Waals surface area contributed by atoms with Crippen LogP contribution in [0.5, 0.6) is 11.5 Å². The fourth-order valence-electron chi connectivity index (χ4n) is 3.00. The summed E-state index contributed by atoms with van der Waals surface area (Å²) in [5, 5.41) is 0. The molecule has 0 aromatic heterocycles. The van der Waals surface area contributed by atoms with Crippen LogP contribution >= 0.6 is 11.8 Å². The summed E-state index contributed by atoms with van der Waals surface area (Å²) >= 11 is 1.76. The molecular formula is C21H25NO3S. The van der Waals surface area contributed by atoms with Crippen LogP contribution in [0.15, 0.2) is 42.5 Å². The zero-order valence-corrected chi connectivity index (χ0v) is 16.3. The molecule has 1 aliphatic rings. The number of nitrogens with zero attached hydrogens (tertiary/aromatic N) is 1. The summed E-state index contributed by atoms with van der Waals surface area (Å²) in [7, 11) is 0. The van der Waals surface area contributed by atoms with Crippen molar-refractivity contribution in [2.45, 2.75) is 26.4 Å². The number of amides is 1. The van der Waals surface area contributed by atoms with Crippen molar-refractivity contribution in [2.24, 2.45) is 0 Å². The minimum atomic E-state index is -0.421. The zero-order chi connectivity index (χ0) is 18.5. The molecule has 0 saturated carbocycles. The molecule has 0 N–H and O–H groups in total. The third-order valence-electron chi connectivity index (χ3n) is 4.47. The van der Waals surface area contributed by atoms with Gasteiger partial charge in [-0.25, -0.2) is 0 Å². The van der Waals surface area contributed by atoms with Crippen LogP contribution in [-0.4, -0.2) is 37.2 Å². The molecule has 1 heterocycles. The molecule has 0 radical (unpaired) electrons. The number of ether oxygens (including phenoxy) is 2. The van der Waals surface area contributed by atoms with Crippen molar-refractivity contribution < 1.29 is 14.3 Å². The molecule has 4 nitrogen and oxygen atoms in total. The van der Waals surface area contributed by atoms with E-state index >= 15 is 0 Å². The number of carbonyl (C=O) groups excluding carboxylic acids is 1. The van der Waals surface area contributed by atoms with Crippen molar-refractivity contribution in [2.75, 3.05) is 30.1 Å². The quantitative estimate of drug-likeness (QED) is 0.683. The van der Waals surface area contributed by atoms with Gasteiger partial charge < -0.3 is 14.4 Å². The van der Waals surface area contributed by atoms with E-state index in [1.807, 2.05) is 56.3 Å². The van der Waals surface area contributed by atoms with E-state index in [-0.39, 0.29) is 5.91 Å². The number of hydrogen-bond donors (Lipinski definition) is 0. The lowest BCUT2D eigenvalue weighted by molar-refractivity contribution is -0.122. The van der Waals surface area contributed by atoms with Crippen molar-refractivity contribution in [3.8, 4) is 11.5 Å². The molecule has 3 rings (SSSR count). The van der Waals surface area contributed by atoms with Gasteiger partial charge in [0.05, 0.1) is 6.61 Å². The topological polar surface area (TPSA) is 38.8 Å². The van der Waals surface area contributed by atoms with E-state index in [9.17, 15) is 4.79 Å². The van der Waals surface area contributed by atoms with Gasteiger partial charge in [-0.3, -0.25) is 4.79 Å². The summed E-state index contributed by atoms with van der Waals surface area (Å²) < 4.78 is 11.7. The first-order chi connectivity index (χ1) is 12.6. The molecule has 1 saturated heterocycles. The predicted molar refractivity (Wildman–Crippen MR) is 108 cm³/mol. The summed E-state index contributed by atoms with van der Waals surface area (Å²) in [6.07, 6.45) is 2.33. The first-order valence-electron chi connectivity index (χ1n) is 8.85. The fourth-order valence-corrected chi connectivity index (χ4v) is 3.25. The van der Waals surface area contributed by atoms with Gasteiger partial charge in [0.2, 0.25) is 0 Å². The molecular weight excluding hydrogens is 346 g/mol. The van der Waals surface area contributed by atoms with Crippen LogP contribution in [0, 0.1) is 13.8 Å². The average molecular weight is 372 g/mol. The predicted octanol–water partition coefficient (Wildman–Crippen LogP) is 4.23. The van der Waals surface area contributed by atoms with Crippen LogP contribution in [0.3, 0.4) is 0 Å². The Kier molecular flexibility index (Phi) is 6.09. The molecule has 26 heavy (non-hydrogen) atoms. The Balaban J connectivity index is 1.65. The number of thioether (sulfide) groups is 1. The van der Waals surface area contributed by atoms with Gasteiger partial charge in [-0.1, -0.05) is 17.7 Å². The molecule has 2 aromatic rings. The zero-order valence-electron chi connectivity index (χ0n) is 15.5. The first-order valence-corrected chi connectivity index (χ1v) is 10.2. The summed E-state index contributed by atoms with van der Waals surface area (Å²) in [5.74, 6) is 2.59. The monoisotopic (exact) mass is 371 g/mol. The van der Waals surface area contributed by atoms with E-state index in [1.165, 1.54) is 5.56 Å². The molecule has 1 atom stereocenters. The molecule has 0 bridgehead atoms. The van der Waals surface area contributed by atoms with Gasteiger partial charge in [-0.15, -0.1) is 0 Å². The maximum atomic E-state index is 12.8. The van der Waals surface area contributed by atoms with E-state index in [0.717, 1.165) is 28.5 Å². The number of benzene rings is 2. The minimum Gasteiger partial charge on any atom is -0.492 e. The van der Waals surface area contributed by atoms with E-state index < -0.39 is 6.10 Å². The van der Waals surface area contributed by atoms with Gasteiger partial charge in [0.25, 0.3) is 5.91 Å². The molecule has 1 aliphatic heterocycles. The Morgan fingerprint density at radius 3 is 2.62 bits per heavy atom. The maximum absolute atomic E-state index is 12.8. The number of anilines is 1. The highest BCUT2D eigenvalue weighted by Crippen LogP contribution is 2.29. The number of carbonyl (C=O) groups is 1. The highest BCUT2D eigenvalue weighted by Gasteiger charge is 2.34. The lowest BCUT2D eigenvalue weighted by Gasteiger charge is -2.19. The molecule has 0 aliphatic carbocycles. The van der Waals surface area contributed by atoms with E-state index in [4.69, 9.17) is 9.47 Å². The first kappa shape index (κ1) is 18.6. The van der Waals surface area contributed by atoms with Gasteiger partial charge in [-0.2, -0.15) is 11.8 Å². The Morgan fingerprint density at radius 2 is 1.92 bits per heavy atom. The van der Waals surface area contributed by atoms with Crippen LogP contribution in [-0.2, 0) is 4.79 Å². The Hall–Kier alpha value is -2.14. The highest BCUT2D eigenvalue weighted by molar-refractivity contribution is 7.98. The van der Waals surface area contributed by atoms with Crippen LogP contribution in [0.25, 0.3) is 0 Å². The summed E-state index contributed by atoms with van der Waals surface area (Å²) in [4.78, 5) is 14.6. The fraction of sp³-hybridized carbons (Fsp3) is 0.381. The third-order valence-corrected chi connectivity index (χ3v) is 5.05. The van der Waals surface area contributed by atoms with E-state index in [1.54, 1.807) is 16.7 Å². The van der Waals surface area contributed by atoms with Crippen molar-refractivity contribution in [1.82, 2.24) is 0 Å². The second kappa shape index (κ2) is 8.49. The van der Waals surface area contributed by atoms with Gasteiger partial charge in [0, 0.05) is 24.4 Å². The summed E-state index contributed by atoms with van der Waals surface area (Å²) in [5.41, 5.74) is 3.12. The highest BCUT2D eigenvalue weighted by atomic mass is 32.2. The van der Waals surface area contributed by atoms with Crippen molar-refractivity contribution in [1.29, 1.82) is 0 Å². The Morgan fingerprint density at radius 1 is 1.15 bits per heavy atom. The van der Waals surface area contributed by atoms with E-state index in [0.29, 0.717) is 19.6 Å². The van der Waals surface area contributed by atoms with Crippen molar-refractivity contribution in [3.63, 3.8) is 0 Å². The number of hydrogen-bond acceptors (Lipinski definition) is 4. The second-order valence-corrected chi connectivity index (χ2v) is 7.47. The van der Waals surface area contributed by atoms with Crippen LogP contribution < -0.4 is 14.4 Å². The van der Waals surface area contributed by atoms with Crippen LogP contribution in [0.4, 0.5) is 5.69 Å². The smallest absolute Gasteiger partial charge is 0.268 e. The molecule has 0 spiro atoms. The van der Waals surface area contributed by atoms with Crippen molar-refractivity contribution >= 4 is 23.4 Å². The molecule has 5 heteroatoms. The maximum Gasteiger partial charge on any atom is 0.268 e. The van der Waals surface area contributed by atoms with Gasteiger partial charge in [-0.05, 0) is 56.0 Å². The second-order valence-electron chi connectivity index (χ2n) is 6.49. The van der Waals surface area contributed by atoms with Gasteiger partial charge >= 0.3 is 0 Å². The lowest BCUT2D eigenvalue weighted by atomic mass is 10.2. The van der Waals surface area contributed by atoms with Gasteiger partial charge in [0.1, 0.15) is 11.5 Å². The standard InChI is InChI=1S/C21H25NO3S/c1-15-4-7-18(8-5-15)25-20-10-11-22(21(20)23)17-6-9-19(16(2)14-17)24-12-13-26-3/h4-9,14,20H,10-13H2,1-3H3. The summed E-state index contributed by atoms with van der Waals surface area (Å²) in [6, 6.07) is 13.7. The van der Waals surface area contributed by atoms with E-state index in [2.05, 4.69) is 6.26 Å². The summed E-state index contributed by atoms with van der Waals surface area (Å²) in [6.45, 7) is 5.40. The minimum absolute atomic E-state index is 0.0148. The SMILES string of the molecule is CSCCOc1ccc(N2CCC(Oc3ccc(C)cc3)C2=O)cc1C. The molecule has 1 unspecified atom stereocenters. The normalized spacial score (nSPS) is 16.8. The van der Waals surface area contributed by atoms with Crippen LogP contribution in [0.2, 0.25) is 0 Å². The Bertz CT molecular complexity index is 760. The van der Waals surface area contributed by atoms with Crippen molar-refractivity contribution in [3.05, 3.63) is 53.6 Å². The van der Waals surface area contributed by atoms with Gasteiger partial charge in [0.15, 0.2) is 6.10 Å². The number of aryl methyl sites for hydroxylation is 2. The molecule has 138 valence electrons. The largest absolute Gasteiger partial charge is 0.492 e. The Labute approximate surface area is 159 Å². The average Bonchev–Trinajstić information content (AvgIpc) is 2.99. The van der Waals surface area contributed by atoms with Crippen LogP contribution in [0.1, 0.15) is 17.5 Å². The third kappa shape index (κ3) is 4.33. The number of rotatable bonds is 7. The lowest BCUT2D eigenvalue weighted by Crippen LogP contribution is -2.32. The molecule has 2 aromatic carbocycles. The molecule has 1 amide bonds.